The van der Waals surface area contributed by atoms with Gasteiger partial charge < -0.3 is 10.1 Å². The minimum atomic E-state index is -4.74. The number of fused-ring (bicyclic) bond motifs is 1. The number of hydrogen-bond donors (Lipinski definition) is 1. The van der Waals surface area contributed by atoms with Crippen molar-refractivity contribution in [3.63, 3.8) is 0 Å². The molecule has 3 aromatic heterocycles. The third-order valence-corrected chi connectivity index (χ3v) is 5.26. The zero-order valence-corrected chi connectivity index (χ0v) is 16.9. The van der Waals surface area contributed by atoms with Crippen LogP contribution in [0.5, 0.6) is 5.75 Å². The summed E-state index contributed by atoms with van der Waals surface area (Å²) in [7, 11) is 1.26. The molecule has 1 amide bonds. The van der Waals surface area contributed by atoms with Crippen LogP contribution in [0.3, 0.4) is 0 Å². The van der Waals surface area contributed by atoms with Crippen molar-refractivity contribution >= 4 is 34.3 Å². The van der Waals surface area contributed by atoms with Crippen molar-refractivity contribution in [3.8, 4) is 16.3 Å². The van der Waals surface area contributed by atoms with Crippen LogP contribution >= 0.6 is 11.3 Å². The van der Waals surface area contributed by atoms with E-state index >= 15 is 0 Å². The quantitative estimate of drug-likeness (QED) is 0.341. The third-order valence-electron chi connectivity index (χ3n) is 4.37. The first-order valence-corrected chi connectivity index (χ1v) is 9.71. The first-order chi connectivity index (χ1) is 15.2. The Morgan fingerprint density at radius 2 is 2.03 bits per heavy atom. The van der Waals surface area contributed by atoms with Gasteiger partial charge in [0, 0.05) is 12.1 Å². The molecule has 0 bridgehead atoms. The Kier molecular flexibility index (Phi) is 5.26. The molecule has 164 valence electrons. The molecule has 1 aromatic carbocycles. The van der Waals surface area contributed by atoms with Crippen LogP contribution in [0.4, 0.5) is 24.5 Å². The van der Waals surface area contributed by atoms with Gasteiger partial charge in [-0.15, -0.1) is 11.3 Å². The van der Waals surface area contributed by atoms with E-state index < -0.39 is 22.7 Å². The van der Waals surface area contributed by atoms with Gasteiger partial charge in [0.05, 0.1) is 34.4 Å². The molecule has 0 saturated carbocycles. The number of thiophene rings is 1. The molecule has 0 radical (unpaired) electrons. The van der Waals surface area contributed by atoms with Crippen molar-refractivity contribution in [1.29, 1.82) is 0 Å². The number of nitro benzene ring substituents is 1. The first kappa shape index (κ1) is 21.2. The smallest absolute Gasteiger partial charge is 0.433 e. The fourth-order valence-corrected chi connectivity index (χ4v) is 3.61. The van der Waals surface area contributed by atoms with Crippen molar-refractivity contribution in [3.05, 3.63) is 69.3 Å². The van der Waals surface area contributed by atoms with Gasteiger partial charge in [0.15, 0.2) is 17.0 Å². The van der Waals surface area contributed by atoms with Gasteiger partial charge in [-0.1, -0.05) is 6.07 Å². The molecule has 0 spiro atoms. The standard InChI is InChI=1S/C19H12F3N5O4S/c1-31-14-7-10(27(29)30)4-5-11(14)24-18(28)13-9-17-23-12(15-3-2-6-32-15)8-16(19(20,21)22)26(17)25-13/h2-9H,1H3,(H,24,28). The number of aromatic nitrogens is 3. The van der Waals surface area contributed by atoms with E-state index in [-0.39, 0.29) is 34.2 Å². The number of hydrogen-bond acceptors (Lipinski definition) is 7. The number of carbonyl (C=O) groups is 1. The Hall–Kier alpha value is -4.00. The molecule has 4 rings (SSSR count). The molecule has 0 unspecified atom stereocenters. The van der Waals surface area contributed by atoms with Gasteiger partial charge >= 0.3 is 6.18 Å². The number of anilines is 1. The summed E-state index contributed by atoms with van der Waals surface area (Å²) in [6.07, 6.45) is -4.74. The van der Waals surface area contributed by atoms with Gasteiger partial charge in [-0.25, -0.2) is 9.50 Å². The third kappa shape index (κ3) is 3.97. The van der Waals surface area contributed by atoms with E-state index in [1.54, 1.807) is 17.5 Å². The summed E-state index contributed by atoms with van der Waals surface area (Å²) in [5, 5.41) is 18.8. The highest BCUT2D eigenvalue weighted by Gasteiger charge is 2.35. The average molecular weight is 463 g/mol. The lowest BCUT2D eigenvalue weighted by Crippen LogP contribution is -2.16. The number of nitro groups is 1. The average Bonchev–Trinajstić information content (AvgIpc) is 3.42. The van der Waals surface area contributed by atoms with Gasteiger partial charge in [0.1, 0.15) is 5.75 Å². The van der Waals surface area contributed by atoms with Gasteiger partial charge in [-0.3, -0.25) is 14.9 Å². The maximum absolute atomic E-state index is 13.6. The van der Waals surface area contributed by atoms with Crippen LogP contribution in [0.15, 0.2) is 47.8 Å². The number of ether oxygens (including phenoxy) is 1. The van der Waals surface area contributed by atoms with Crippen molar-refractivity contribution in [2.24, 2.45) is 0 Å². The van der Waals surface area contributed by atoms with E-state index in [4.69, 9.17) is 4.74 Å². The summed E-state index contributed by atoms with van der Waals surface area (Å²) in [6, 6.07) is 8.82. The lowest BCUT2D eigenvalue weighted by atomic mass is 10.2. The molecule has 4 aromatic rings. The molecule has 0 fully saturated rings. The van der Waals surface area contributed by atoms with E-state index in [2.05, 4.69) is 15.4 Å². The highest BCUT2D eigenvalue weighted by Crippen LogP contribution is 2.34. The van der Waals surface area contributed by atoms with Crippen LogP contribution < -0.4 is 10.1 Å². The Bertz CT molecular complexity index is 1330. The fraction of sp³-hybridized carbons (Fsp3) is 0.105. The normalized spacial score (nSPS) is 11.5. The number of methoxy groups -OCH3 is 1. The molecule has 0 aliphatic heterocycles. The first-order valence-electron chi connectivity index (χ1n) is 8.83. The maximum Gasteiger partial charge on any atom is 0.433 e. The molecule has 32 heavy (non-hydrogen) atoms. The van der Waals surface area contributed by atoms with E-state index in [0.29, 0.717) is 9.39 Å². The lowest BCUT2D eigenvalue weighted by molar-refractivity contribution is -0.384. The second-order valence-electron chi connectivity index (χ2n) is 6.40. The molecule has 0 saturated heterocycles. The van der Waals surface area contributed by atoms with Crippen LogP contribution in [0.2, 0.25) is 0 Å². The highest BCUT2D eigenvalue weighted by atomic mass is 32.1. The van der Waals surface area contributed by atoms with Crippen molar-refractivity contribution in [2.75, 3.05) is 12.4 Å². The van der Waals surface area contributed by atoms with Crippen LogP contribution in [0, 0.1) is 10.1 Å². The molecular formula is C19H12F3N5O4S. The molecule has 0 aliphatic carbocycles. The monoisotopic (exact) mass is 463 g/mol. The predicted molar refractivity (Wildman–Crippen MR) is 109 cm³/mol. The Morgan fingerprint density at radius 1 is 1.25 bits per heavy atom. The highest BCUT2D eigenvalue weighted by molar-refractivity contribution is 7.13. The van der Waals surface area contributed by atoms with Crippen LogP contribution in [0.25, 0.3) is 16.2 Å². The van der Waals surface area contributed by atoms with E-state index in [0.717, 1.165) is 24.3 Å². The fourth-order valence-electron chi connectivity index (χ4n) is 2.92. The molecule has 0 atom stereocenters. The number of halogens is 3. The van der Waals surface area contributed by atoms with Crippen molar-refractivity contribution in [1.82, 2.24) is 14.6 Å². The van der Waals surface area contributed by atoms with Gasteiger partial charge in [-0.05, 0) is 23.6 Å². The van der Waals surface area contributed by atoms with E-state index in [9.17, 15) is 28.1 Å². The SMILES string of the molecule is COc1cc([N+](=O)[O-])ccc1NC(=O)c1cc2nc(-c3cccs3)cc(C(F)(F)F)n2n1. The minimum absolute atomic E-state index is 0.00500. The molecule has 3 heterocycles. The number of alkyl halides is 3. The molecule has 13 heteroatoms. The molecular weight excluding hydrogens is 451 g/mol. The number of amides is 1. The van der Waals surface area contributed by atoms with Crippen LogP contribution in [-0.4, -0.2) is 32.5 Å². The van der Waals surface area contributed by atoms with E-state index in [1.807, 2.05) is 0 Å². The number of nitrogens with one attached hydrogen (secondary N) is 1. The molecule has 1 N–H and O–H groups in total. The molecule has 9 nitrogen and oxygen atoms in total. The maximum atomic E-state index is 13.6. The second kappa shape index (κ2) is 7.92. The van der Waals surface area contributed by atoms with Crippen molar-refractivity contribution < 1.29 is 27.6 Å². The number of rotatable bonds is 5. The summed E-state index contributed by atoms with van der Waals surface area (Å²) in [4.78, 5) is 27.7. The number of carbonyl (C=O) groups excluding carboxylic acids is 1. The van der Waals surface area contributed by atoms with Crippen LogP contribution in [-0.2, 0) is 6.18 Å². The largest absolute Gasteiger partial charge is 0.494 e. The summed E-state index contributed by atoms with van der Waals surface area (Å²) >= 11 is 1.23. The summed E-state index contributed by atoms with van der Waals surface area (Å²) in [5.74, 6) is -0.834. The zero-order chi connectivity index (χ0) is 23.0. The Balaban J connectivity index is 1.74. The topological polar surface area (TPSA) is 112 Å². The summed E-state index contributed by atoms with van der Waals surface area (Å²) < 4.78 is 46.5. The van der Waals surface area contributed by atoms with Gasteiger partial charge in [-0.2, -0.15) is 18.3 Å². The predicted octanol–water partition coefficient (Wildman–Crippen LogP) is 4.65. The minimum Gasteiger partial charge on any atom is -0.494 e. The Morgan fingerprint density at radius 3 is 2.66 bits per heavy atom. The van der Waals surface area contributed by atoms with Gasteiger partial charge in [0.2, 0.25) is 0 Å². The zero-order valence-electron chi connectivity index (χ0n) is 16.1. The number of nitrogens with zero attached hydrogens (tertiary/aromatic N) is 4. The van der Waals surface area contributed by atoms with Crippen LogP contribution in [0.1, 0.15) is 16.2 Å². The van der Waals surface area contributed by atoms with Gasteiger partial charge in [0.25, 0.3) is 11.6 Å². The summed E-state index contributed by atoms with van der Waals surface area (Å²) in [5.41, 5.74) is -1.64. The molecule has 0 aliphatic rings. The van der Waals surface area contributed by atoms with Crippen molar-refractivity contribution in [2.45, 2.75) is 6.18 Å². The Labute approximate surface area is 181 Å². The van der Waals surface area contributed by atoms with E-state index in [1.165, 1.54) is 24.5 Å². The summed E-state index contributed by atoms with van der Waals surface area (Å²) in [6.45, 7) is 0. The number of non-ortho nitro benzene ring substituents is 1. The second-order valence-corrected chi connectivity index (χ2v) is 7.34. The number of benzene rings is 1. The lowest BCUT2D eigenvalue weighted by Gasteiger charge is -2.10.